The Kier molecular flexibility index (Phi) is 6.64. The number of hydrogen-bond acceptors (Lipinski definition) is 7. The Labute approximate surface area is 176 Å². The van der Waals surface area contributed by atoms with E-state index in [0.29, 0.717) is 11.3 Å². The lowest BCUT2D eigenvalue weighted by molar-refractivity contribution is -0.385. The van der Waals surface area contributed by atoms with Crippen molar-refractivity contribution in [1.29, 1.82) is 0 Å². The van der Waals surface area contributed by atoms with Crippen LogP contribution in [0.2, 0.25) is 0 Å². The third-order valence-corrected chi connectivity index (χ3v) is 4.13. The molecule has 31 heavy (non-hydrogen) atoms. The van der Waals surface area contributed by atoms with E-state index in [2.05, 4.69) is 10.5 Å². The number of nitro groups is 2. The molecule has 0 saturated heterocycles. The lowest BCUT2D eigenvalue weighted by atomic mass is 10.2. The molecular formula is C21H16N4O6. The van der Waals surface area contributed by atoms with Crippen LogP contribution in [-0.2, 0) is 6.61 Å². The van der Waals surface area contributed by atoms with Gasteiger partial charge in [0.25, 0.3) is 17.3 Å². The number of non-ortho nitro benzene ring substituents is 2. The molecule has 3 aromatic rings. The molecule has 0 aliphatic heterocycles. The minimum absolute atomic E-state index is 0.0118. The van der Waals surface area contributed by atoms with Gasteiger partial charge in [-0.2, -0.15) is 5.10 Å². The van der Waals surface area contributed by atoms with E-state index in [1.54, 1.807) is 36.4 Å². The lowest BCUT2D eigenvalue weighted by Crippen LogP contribution is -2.17. The summed E-state index contributed by atoms with van der Waals surface area (Å²) in [6.07, 6.45) is 1.43. The average molecular weight is 420 g/mol. The lowest BCUT2D eigenvalue weighted by Gasteiger charge is -2.07. The maximum absolute atomic E-state index is 12.0. The fourth-order valence-electron chi connectivity index (χ4n) is 2.53. The molecule has 3 rings (SSSR count). The molecular weight excluding hydrogens is 404 g/mol. The smallest absolute Gasteiger partial charge is 0.271 e. The number of hydrazone groups is 1. The zero-order valence-electron chi connectivity index (χ0n) is 16.0. The first kappa shape index (κ1) is 21.1. The summed E-state index contributed by atoms with van der Waals surface area (Å²) in [5.41, 5.74) is 3.95. The van der Waals surface area contributed by atoms with Gasteiger partial charge >= 0.3 is 0 Å². The Morgan fingerprint density at radius 3 is 2.16 bits per heavy atom. The molecule has 10 heteroatoms. The molecule has 0 aliphatic carbocycles. The van der Waals surface area contributed by atoms with Crippen LogP contribution in [0.1, 0.15) is 21.5 Å². The van der Waals surface area contributed by atoms with Gasteiger partial charge in [-0.25, -0.2) is 5.43 Å². The first-order chi connectivity index (χ1) is 14.9. The Morgan fingerprint density at radius 2 is 1.55 bits per heavy atom. The van der Waals surface area contributed by atoms with Crippen molar-refractivity contribution in [3.8, 4) is 5.75 Å². The van der Waals surface area contributed by atoms with E-state index < -0.39 is 15.8 Å². The van der Waals surface area contributed by atoms with Crippen molar-refractivity contribution < 1.29 is 19.4 Å². The van der Waals surface area contributed by atoms with Crippen molar-refractivity contribution in [1.82, 2.24) is 5.43 Å². The fraction of sp³-hybridized carbons (Fsp3) is 0.0476. The average Bonchev–Trinajstić information content (AvgIpc) is 2.78. The largest absolute Gasteiger partial charge is 0.489 e. The van der Waals surface area contributed by atoms with E-state index in [1.165, 1.54) is 42.6 Å². The maximum Gasteiger partial charge on any atom is 0.271 e. The Bertz CT molecular complexity index is 1130. The number of carbonyl (C=O) groups excluding carboxylic acids is 1. The molecule has 0 radical (unpaired) electrons. The van der Waals surface area contributed by atoms with Crippen LogP contribution in [-0.4, -0.2) is 22.0 Å². The molecule has 0 spiro atoms. The molecule has 0 fully saturated rings. The Morgan fingerprint density at radius 1 is 0.935 bits per heavy atom. The molecule has 1 N–H and O–H groups in total. The molecule has 0 unspecified atom stereocenters. The minimum atomic E-state index is -0.545. The van der Waals surface area contributed by atoms with Crippen molar-refractivity contribution in [3.05, 3.63) is 110 Å². The number of ether oxygens (including phenoxy) is 1. The quantitative estimate of drug-likeness (QED) is 0.334. The van der Waals surface area contributed by atoms with Crippen LogP contribution in [0.25, 0.3) is 0 Å². The second-order valence-electron chi connectivity index (χ2n) is 6.29. The van der Waals surface area contributed by atoms with Gasteiger partial charge in [0, 0.05) is 29.8 Å². The van der Waals surface area contributed by atoms with Gasteiger partial charge in [0.1, 0.15) is 12.4 Å². The van der Waals surface area contributed by atoms with E-state index in [9.17, 15) is 25.0 Å². The number of rotatable bonds is 8. The van der Waals surface area contributed by atoms with Crippen molar-refractivity contribution >= 4 is 23.5 Å². The van der Waals surface area contributed by atoms with Crippen LogP contribution in [0.3, 0.4) is 0 Å². The molecule has 156 valence electrons. The number of amides is 1. The normalized spacial score (nSPS) is 10.6. The van der Waals surface area contributed by atoms with E-state index >= 15 is 0 Å². The van der Waals surface area contributed by atoms with Crippen molar-refractivity contribution in [2.24, 2.45) is 5.10 Å². The number of carbonyl (C=O) groups is 1. The van der Waals surface area contributed by atoms with Crippen LogP contribution in [0, 0.1) is 20.2 Å². The summed E-state index contributed by atoms with van der Waals surface area (Å²) in [6, 6.07) is 18.2. The number of nitrogens with one attached hydrogen (secondary N) is 1. The number of nitrogens with zero attached hydrogens (tertiary/aromatic N) is 3. The van der Waals surface area contributed by atoms with Crippen molar-refractivity contribution in [3.63, 3.8) is 0 Å². The molecule has 0 bridgehead atoms. The van der Waals surface area contributed by atoms with Crippen LogP contribution >= 0.6 is 0 Å². The second kappa shape index (κ2) is 9.74. The van der Waals surface area contributed by atoms with Crippen LogP contribution < -0.4 is 10.2 Å². The molecule has 0 aromatic heterocycles. The molecule has 0 saturated carbocycles. The second-order valence-corrected chi connectivity index (χ2v) is 6.29. The van der Waals surface area contributed by atoms with Gasteiger partial charge in [-0.15, -0.1) is 0 Å². The van der Waals surface area contributed by atoms with Crippen LogP contribution in [0.5, 0.6) is 5.75 Å². The molecule has 0 atom stereocenters. The Balaban J connectivity index is 1.55. The molecule has 0 aliphatic rings. The highest BCUT2D eigenvalue weighted by atomic mass is 16.6. The number of nitro benzene ring substituents is 2. The van der Waals surface area contributed by atoms with E-state index in [-0.39, 0.29) is 23.5 Å². The summed E-state index contributed by atoms with van der Waals surface area (Å²) >= 11 is 0. The highest BCUT2D eigenvalue weighted by Crippen LogP contribution is 2.17. The van der Waals surface area contributed by atoms with E-state index in [4.69, 9.17) is 4.74 Å². The first-order valence-corrected chi connectivity index (χ1v) is 8.96. The summed E-state index contributed by atoms with van der Waals surface area (Å²) in [4.78, 5) is 32.4. The molecule has 0 heterocycles. The topological polar surface area (TPSA) is 137 Å². The molecule has 10 nitrogen and oxygen atoms in total. The molecule has 3 aromatic carbocycles. The van der Waals surface area contributed by atoms with E-state index in [0.717, 1.165) is 5.56 Å². The predicted molar refractivity (Wildman–Crippen MR) is 112 cm³/mol. The summed E-state index contributed by atoms with van der Waals surface area (Å²) in [5, 5.41) is 25.2. The monoisotopic (exact) mass is 420 g/mol. The predicted octanol–water partition coefficient (Wildman–Crippen LogP) is 3.85. The standard InChI is InChI=1S/C21H16N4O6/c26-21(17-6-10-19(11-7-17)25(29)30)23-22-13-16-2-1-3-20(12-16)31-14-15-4-8-18(9-5-15)24(27)28/h1-13H,14H2,(H,23,26)/b22-13+. The summed E-state index contributed by atoms with van der Waals surface area (Å²) in [6.45, 7) is 0.232. The number of benzene rings is 3. The van der Waals surface area contributed by atoms with E-state index in [1.807, 2.05) is 0 Å². The third-order valence-electron chi connectivity index (χ3n) is 4.13. The zero-order valence-corrected chi connectivity index (χ0v) is 16.0. The number of hydrogen-bond donors (Lipinski definition) is 1. The van der Waals surface area contributed by atoms with Gasteiger partial charge in [0.15, 0.2) is 0 Å². The minimum Gasteiger partial charge on any atom is -0.489 e. The SMILES string of the molecule is O=C(N/N=C/c1cccc(OCc2ccc([N+](=O)[O-])cc2)c1)c1ccc([N+](=O)[O-])cc1. The zero-order chi connectivity index (χ0) is 22.2. The molecule has 1 amide bonds. The van der Waals surface area contributed by atoms with Crippen molar-refractivity contribution in [2.75, 3.05) is 0 Å². The highest BCUT2D eigenvalue weighted by molar-refractivity contribution is 5.95. The third kappa shape index (κ3) is 5.94. The van der Waals surface area contributed by atoms with Gasteiger partial charge in [-0.05, 0) is 47.5 Å². The first-order valence-electron chi connectivity index (χ1n) is 8.96. The highest BCUT2D eigenvalue weighted by Gasteiger charge is 2.08. The Hall–Kier alpha value is -4.60. The fourth-order valence-corrected chi connectivity index (χ4v) is 2.53. The maximum atomic E-state index is 12.0. The summed E-state index contributed by atoms with van der Waals surface area (Å²) in [5.74, 6) is 0.0562. The van der Waals surface area contributed by atoms with Crippen LogP contribution in [0.15, 0.2) is 77.9 Å². The van der Waals surface area contributed by atoms with Crippen LogP contribution in [0.4, 0.5) is 11.4 Å². The summed E-state index contributed by atoms with van der Waals surface area (Å²) in [7, 11) is 0. The van der Waals surface area contributed by atoms with Gasteiger partial charge in [0.05, 0.1) is 16.1 Å². The van der Waals surface area contributed by atoms with Gasteiger partial charge in [-0.1, -0.05) is 12.1 Å². The van der Waals surface area contributed by atoms with Gasteiger partial charge < -0.3 is 4.74 Å². The van der Waals surface area contributed by atoms with Gasteiger partial charge in [0.2, 0.25) is 0 Å². The van der Waals surface area contributed by atoms with Crippen molar-refractivity contribution in [2.45, 2.75) is 6.61 Å². The van der Waals surface area contributed by atoms with Gasteiger partial charge in [-0.3, -0.25) is 25.0 Å². The summed E-state index contributed by atoms with van der Waals surface area (Å²) < 4.78 is 5.69.